The number of amides is 2. The Morgan fingerprint density at radius 2 is 2.00 bits per heavy atom. The van der Waals surface area contributed by atoms with Crippen LogP contribution in [-0.2, 0) is 11.8 Å². The van der Waals surface area contributed by atoms with E-state index in [0.29, 0.717) is 5.82 Å². The number of rotatable bonds is 3. The van der Waals surface area contributed by atoms with Crippen molar-refractivity contribution in [3.8, 4) is 0 Å². The van der Waals surface area contributed by atoms with E-state index in [1.807, 2.05) is 45.9 Å². The van der Waals surface area contributed by atoms with E-state index in [9.17, 15) is 4.79 Å². The van der Waals surface area contributed by atoms with Gasteiger partial charge in [0, 0.05) is 17.2 Å². The average Bonchev–Trinajstić information content (AvgIpc) is 2.89. The van der Waals surface area contributed by atoms with Crippen LogP contribution in [0.2, 0.25) is 0 Å². The van der Waals surface area contributed by atoms with Crippen molar-refractivity contribution in [1.82, 2.24) is 5.16 Å². The molecular formula is C17H23N3O2. The highest BCUT2D eigenvalue weighted by atomic mass is 16.5. The molecule has 0 bridgehead atoms. The number of anilines is 2. The maximum absolute atomic E-state index is 12.2. The second kappa shape index (κ2) is 6.22. The van der Waals surface area contributed by atoms with Crippen LogP contribution in [0, 0.1) is 6.92 Å². The van der Waals surface area contributed by atoms with E-state index in [1.165, 1.54) is 0 Å². The molecule has 1 aromatic carbocycles. The van der Waals surface area contributed by atoms with Gasteiger partial charge in [0.1, 0.15) is 5.76 Å². The van der Waals surface area contributed by atoms with Crippen molar-refractivity contribution in [2.45, 2.75) is 46.5 Å². The first-order chi connectivity index (χ1) is 10.3. The number of aryl methyl sites for hydroxylation is 2. The number of para-hydroxylation sites is 1. The molecule has 1 aromatic heterocycles. The van der Waals surface area contributed by atoms with Crippen LogP contribution in [0.4, 0.5) is 16.3 Å². The Morgan fingerprint density at radius 1 is 1.27 bits per heavy atom. The summed E-state index contributed by atoms with van der Waals surface area (Å²) in [6, 6.07) is 7.40. The van der Waals surface area contributed by atoms with Crippen molar-refractivity contribution in [2.75, 3.05) is 10.6 Å². The van der Waals surface area contributed by atoms with E-state index in [2.05, 4.69) is 22.7 Å². The molecule has 5 heteroatoms. The highest BCUT2D eigenvalue weighted by Crippen LogP contribution is 2.25. The molecule has 2 aromatic rings. The van der Waals surface area contributed by atoms with Crippen LogP contribution in [0.25, 0.3) is 0 Å². The fourth-order valence-electron chi connectivity index (χ4n) is 2.15. The minimum Gasteiger partial charge on any atom is -0.359 e. The lowest BCUT2D eigenvalue weighted by atomic mass is 9.93. The van der Waals surface area contributed by atoms with Crippen LogP contribution >= 0.6 is 0 Å². The second-order valence-corrected chi connectivity index (χ2v) is 6.37. The lowest BCUT2D eigenvalue weighted by molar-refractivity contribution is 0.261. The van der Waals surface area contributed by atoms with Gasteiger partial charge in [-0.15, -0.1) is 0 Å². The fourth-order valence-corrected chi connectivity index (χ4v) is 2.15. The Hall–Kier alpha value is -2.30. The van der Waals surface area contributed by atoms with Crippen LogP contribution in [0.5, 0.6) is 0 Å². The summed E-state index contributed by atoms with van der Waals surface area (Å²) in [5.41, 5.74) is 2.84. The summed E-state index contributed by atoms with van der Waals surface area (Å²) in [6.45, 7) is 10.1. The Balaban J connectivity index is 2.09. The quantitative estimate of drug-likeness (QED) is 0.878. The smallest absolute Gasteiger partial charge is 0.324 e. The standard InChI is InChI=1S/C17H23N3O2/c1-6-12-9-7-8-11(2)15(12)19-16(21)18-14-10-13(22-20-14)17(3,4)5/h7-10H,6H2,1-5H3,(H2,18,19,20,21). The molecule has 0 aliphatic carbocycles. The molecule has 0 aliphatic rings. The lowest BCUT2D eigenvalue weighted by Crippen LogP contribution is -2.21. The van der Waals surface area contributed by atoms with Crippen LogP contribution in [0.15, 0.2) is 28.8 Å². The number of carbonyl (C=O) groups excluding carboxylic acids is 1. The van der Waals surface area contributed by atoms with Crippen molar-refractivity contribution in [3.05, 3.63) is 41.2 Å². The number of benzene rings is 1. The molecule has 0 atom stereocenters. The molecular weight excluding hydrogens is 278 g/mol. The molecule has 0 aliphatic heterocycles. The Labute approximate surface area is 131 Å². The van der Waals surface area contributed by atoms with Crippen molar-refractivity contribution >= 4 is 17.5 Å². The SMILES string of the molecule is CCc1cccc(C)c1NC(=O)Nc1cc(C(C)(C)C)on1. The Kier molecular flexibility index (Phi) is 4.54. The van der Waals surface area contributed by atoms with Gasteiger partial charge in [0.2, 0.25) is 0 Å². The van der Waals surface area contributed by atoms with Crippen molar-refractivity contribution in [2.24, 2.45) is 0 Å². The number of hydrogen-bond acceptors (Lipinski definition) is 3. The Morgan fingerprint density at radius 3 is 2.59 bits per heavy atom. The van der Waals surface area contributed by atoms with E-state index >= 15 is 0 Å². The molecule has 2 rings (SSSR count). The summed E-state index contributed by atoms with van der Waals surface area (Å²) in [6.07, 6.45) is 0.857. The average molecular weight is 301 g/mol. The van der Waals surface area contributed by atoms with Gasteiger partial charge in [-0.2, -0.15) is 0 Å². The zero-order valence-corrected chi connectivity index (χ0v) is 13.8. The topological polar surface area (TPSA) is 67.2 Å². The van der Waals surface area contributed by atoms with Crippen LogP contribution in [0.1, 0.15) is 44.6 Å². The maximum atomic E-state index is 12.2. The molecule has 118 valence electrons. The van der Waals surface area contributed by atoms with Gasteiger partial charge in [0.15, 0.2) is 5.82 Å². The van der Waals surface area contributed by atoms with Gasteiger partial charge < -0.3 is 9.84 Å². The third-order valence-corrected chi connectivity index (χ3v) is 3.47. The first kappa shape index (κ1) is 16.1. The first-order valence-electron chi connectivity index (χ1n) is 7.45. The molecule has 0 saturated carbocycles. The van der Waals surface area contributed by atoms with E-state index in [1.54, 1.807) is 6.07 Å². The largest absolute Gasteiger partial charge is 0.359 e. The first-order valence-corrected chi connectivity index (χ1v) is 7.45. The predicted octanol–water partition coefficient (Wildman–Crippen LogP) is 4.49. The van der Waals surface area contributed by atoms with Gasteiger partial charge in [-0.3, -0.25) is 5.32 Å². The number of nitrogens with one attached hydrogen (secondary N) is 2. The van der Waals surface area contributed by atoms with E-state index in [-0.39, 0.29) is 11.4 Å². The number of carbonyl (C=O) groups is 1. The number of aromatic nitrogens is 1. The monoisotopic (exact) mass is 301 g/mol. The molecule has 22 heavy (non-hydrogen) atoms. The van der Waals surface area contributed by atoms with Gasteiger partial charge in [0.05, 0.1) is 0 Å². The molecule has 5 nitrogen and oxygen atoms in total. The summed E-state index contributed by atoms with van der Waals surface area (Å²) in [4.78, 5) is 12.2. The molecule has 0 spiro atoms. The minimum atomic E-state index is -0.322. The zero-order valence-electron chi connectivity index (χ0n) is 13.8. The van der Waals surface area contributed by atoms with Crippen LogP contribution in [0.3, 0.4) is 0 Å². The summed E-state index contributed by atoms with van der Waals surface area (Å²) in [5, 5.41) is 9.48. The van der Waals surface area contributed by atoms with E-state index < -0.39 is 0 Å². The molecule has 2 amide bonds. The predicted molar refractivity (Wildman–Crippen MR) is 88.4 cm³/mol. The van der Waals surface area contributed by atoms with Gasteiger partial charge in [-0.05, 0) is 24.5 Å². The molecule has 1 heterocycles. The lowest BCUT2D eigenvalue weighted by Gasteiger charge is -2.13. The third-order valence-electron chi connectivity index (χ3n) is 3.47. The van der Waals surface area contributed by atoms with Crippen LogP contribution < -0.4 is 10.6 Å². The van der Waals surface area contributed by atoms with E-state index in [0.717, 1.165) is 29.0 Å². The minimum absolute atomic E-state index is 0.144. The van der Waals surface area contributed by atoms with Gasteiger partial charge in [0.25, 0.3) is 0 Å². The molecule has 0 radical (unpaired) electrons. The molecule has 0 fully saturated rings. The van der Waals surface area contributed by atoms with Gasteiger partial charge in [-0.1, -0.05) is 51.1 Å². The second-order valence-electron chi connectivity index (χ2n) is 6.37. The molecule has 2 N–H and O–H groups in total. The summed E-state index contributed by atoms with van der Waals surface area (Å²) >= 11 is 0. The van der Waals surface area contributed by atoms with Crippen molar-refractivity contribution < 1.29 is 9.32 Å². The maximum Gasteiger partial charge on any atom is 0.324 e. The summed E-state index contributed by atoms with van der Waals surface area (Å²) < 4.78 is 5.26. The zero-order chi connectivity index (χ0) is 16.3. The van der Waals surface area contributed by atoms with Gasteiger partial charge >= 0.3 is 6.03 Å². The third kappa shape index (κ3) is 3.67. The molecule has 0 saturated heterocycles. The summed E-state index contributed by atoms with van der Waals surface area (Å²) in [7, 11) is 0. The molecule has 0 unspecified atom stereocenters. The van der Waals surface area contributed by atoms with Crippen molar-refractivity contribution in [1.29, 1.82) is 0 Å². The Bertz CT molecular complexity index is 669. The number of urea groups is 1. The fraction of sp³-hybridized carbons (Fsp3) is 0.412. The van der Waals surface area contributed by atoms with Gasteiger partial charge in [-0.25, -0.2) is 4.79 Å². The highest BCUT2D eigenvalue weighted by molar-refractivity contribution is 6.00. The number of nitrogens with zero attached hydrogens (tertiary/aromatic N) is 1. The van der Waals surface area contributed by atoms with Crippen molar-refractivity contribution in [3.63, 3.8) is 0 Å². The normalized spacial score (nSPS) is 11.3. The number of hydrogen-bond donors (Lipinski definition) is 2. The van der Waals surface area contributed by atoms with Crippen LogP contribution in [-0.4, -0.2) is 11.2 Å². The summed E-state index contributed by atoms with van der Waals surface area (Å²) in [5.74, 6) is 1.14. The van der Waals surface area contributed by atoms with E-state index in [4.69, 9.17) is 4.52 Å². The highest BCUT2D eigenvalue weighted by Gasteiger charge is 2.20.